The van der Waals surface area contributed by atoms with Crippen LogP contribution in [0, 0.1) is 0 Å². The van der Waals surface area contributed by atoms with E-state index in [-0.39, 0.29) is 0 Å². The molecular weight excluding hydrogens is 574 g/mol. The second-order valence-corrected chi connectivity index (χ2v) is 12.7. The molecule has 10 heteroatoms. The van der Waals surface area contributed by atoms with Crippen LogP contribution in [-0.2, 0) is 27.2 Å². The van der Waals surface area contributed by atoms with Crippen molar-refractivity contribution in [3.8, 4) is 0 Å². The summed E-state index contributed by atoms with van der Waals surface area (Å²) in [4.78, 5) is 41.4. The molecule has 1 saturated carbocycles. The number of likely N-dealkylation sites (tertiary alicyclic amines) is 1. The van der Waals surface area contributed by atoms with E-state index in [0.29, 0.717) is 11.5 Å². The summed E-state index contributed by atoms with van der Waals surface area (Å²) in [6, 6.07) is 13.3. The van der Waals surface area contributed by atoms with Crippen LogP contribution in [0.15, 0.2) is 48.8 Å². The molecule has 1 aliphatic carbocycles. The third-order valence-electron chi connectivity index (χ3n) is 9.64. The SMILES string of the molecule is CCCCC1(N2CCCC2)CCC(c2[nH]c3ccccc3c2CCc2ccncc2)CC1.O=C(O)CC(O)(CC(=O)O)C(=O)O. The van der Waals surface area contributed by atoms with Gasteiger partial charge in [0.05, 0.1) is 12.8 Å². The van der Waals surface area contributed by atoms with Crippen LogP contribution in [-0.4, -0.2) is 77.4 Å². The lowest BCUT2D eigenvalue weighted by Gasteiger charge is -2.47. The molecule has 244 valence electrons. The third kappa shape index (κ3) is 8.70. The molecule has 5 rings (SSSR count). The summed E-state index contributed by atoms with van der Waals surface area (Å²) < 4.78 is 0. The van der Waals surface area contributed by atoms with Crippen molar-refractivity contribution in [2.24, 2.45) is 0 Å². The number of benzene rings is 1. The summed E-state index contributed by atoms with van der Waals surface area (Å²) in [5.74, 6) is -4.35. The van der Waals surface area contributed by atoms with Crippen LogP contribution in [0.5, 0.6) is 0 Å². The van der Waals surface area contributed by atoms with Gasteiger partial charge in [-0.2, -0.15) is 0 Å². The molecule has 0 spiro atoms. The van der Waals surface area contributed by atoms with E-state index in [4.69, 9.17) is 20.4 Å². The molecule has 3 heterocycles. The van der Waals surface area contributed by atoms with Crippen LogP contribution in [0.4, 0.5) is 0 Å². The number of H-pyrrole nitrogens is 1. The topological polar surface area (TPSA) is 164 Å². The van der Waals surface area contributed by atoms with E-state index in [1.165, 1.54) is 93.0 Å². The van der Waals surface area contributed by atoms with Crippen LogP contribution in [0.1, 0.15) is 100 Å². The number of nitrogens with zero attached hydrogens (tertiary/aromatic N) is 2. The first-order valence-corrected chi connectivity index (χ1v) is 16.2. The van der Waals surface area contributed by atoms with Crippen molar-refractivity contribution in [3.05, 3.63) is 65.6 Å². The number of aliphatic hydroxyl groups is 1. The Balaban J connectivity index is 0.000000302. The van der Waals surface area contributed by atoms with Crippen LogP contribution in [0.3, 0.4) is 0 Å². The Morgan fingerprint density at radius 2 is 1.58 bits per heavy atom. The lowest BCUT2D eigenvalue weighted by Crippen LogP contribution is -2.49. The first-order chi connectivity index (χ1) is 21.6. The van der Waals surface area contributed by atoms with Crippen molar-refractivity contribution in [2.45, 2.75) is 107 Å². The Morgan fingerprint density at radius 3 is 2.16 bits per heavy atom. The van der Waals surface area contributed by atoms with Crippen LogP contribution in [0.25, 0.3) is 10.9 Å². The standard InChI is InChI=1S/C29H39N3.C6H8O7/c1-2-3-16-29(32-21-6-7-22-32)17-12-24(13-18-29)28-26(11-10-23-14-19-30-20-15-23)25-8-4-5-9-27(25)31-28;7-3(8)1-6(13,5(11)12)2-4(9)10/h4-5,8-9,14-15,19-20,24,31H,2-3,6-7,10-13,16-18,21-22H2,1H3;13H,1-2H2,(H,7,8)(H,9,10)(H,11,12). The summed E-state index contributed by atoms with van der Waals surface area (Å²) >= 11 is 0. The summed E-state index contributed by atoms with van der Waals surface area (Å²) in [6.07, 6.45) is 16.0. The molecule has 0 bridgehead atoms. The third-order valence-corrected chi connectivity index (χ3v) is 9.64. The number of aryl methyl sites for hydroxylation is 2. The Kier molecular flexibility index (Phi) is 11.7. The number of carboxylic acids is 3. The van der Waals surface area contributed by atoms with Gasteiger partial charge in [-0.3, -0.25) is 19.5 Å². The Hall–Kier alpha value is -3.76. The van der Waals surface area contributed by atoms with E-state index in [0.717, 1.165) is 12.8 Å². The Morgan fingerprint density at radius 1 is 0.956 bits per heavy atom. The minimum Gasteiger partial charge on any atom is -0.481 e. The Labute approximate surface area is 264 Å². The van der Waals surface area contributed by atoms with E-state index < -0.39 is 36.4 Å². The van der Waals surface area contributed by atoms with Crippen LogP contribution >= 0.6 is 0 Å². The number of pyridine rings is 1. The maximum atomic E-state index is 10.3. The monoisotopic (exact) mass is 621 g/mol. The number of unbranched alkanes of at least 4 members (excludes halogenated alkanes) is 1. The predicted octanol–water partition coefficient (Wildman–Crippen LogP) is 5.78. The molecule has 1 aromatic carbocycles. The summed E-state index contributed by atoms with van der Waals surface area (Å²) in [6.45, 7) is 5.01. The highest BCUT2D eigenvalue weighted by atomic mass is 16.4. The number of aliphatic carboxylic acids is 3. The number of para-hydroxylation sites is 1. The van der Waals surface area contributed by atoms with Gasteiger partial charge in [0.25, 0.3) is 0 Å². The fourth-order valence-electron chi connectivity index (χ4n) is 7.24. The van der Waals surface area contributed by atoms with Gasteiger partial charge in [-0.1, -0.05) is 38.0 Å². The smallest absolute Gasteiger partial charge is 0.336 e. The summed E-state index contributed by atoms with van der Waals surface area (Å²) in [5.41, 5.74) is 3.53. The highest BCUT2D eigenvalue weighted by molar-refractivity contribution is 5.88. The van der Waals surface area contributed by atoms with Crippen molar-refractivity contribution in [1.29, 1.82) is 0 Å². The average Bonchev–Trinajstić information content (AvgIpc) is 3.69. The van der Waals surface area contributed by atoms with Gasteiger partial charge in [0.15, 0.2) is 5.60 Å². The molecule has 2 fully saturated rings. The lowest BCUT2D eigenvalue weighted by atomic mass is 9.71. The number of nitrogens with one attached hydrogen (secondary N) is 1. The molecule has 10 nitrogen and oxygen atoms in total. The van der Waals surface area contributed by atoms with Gasteiger partial charge < -0.3 is 25.4 Å². The van der Waals surface area contributed by atoms with Crippen molar-refractivity contribution in [2.75, 3.05) is 13.1 Å². The van der Waals surface area contributed by atoms with Crippen LogP contribution < -0.4 is 0 Å². The summed E-state index contributed by atoms with van der Waals surface area (Å²) in [7, 11) is 0. The molecule has 45 heavy (non-hydrogen) atoms. The van der Waals surface area contributed by atoms with E-state index in [1.54, 1.807) is 5.56 Å². The maximum absolute atomic E-state index is 10.3. The molecule has 3 aromatic rings. The number of aromatic nitrogens is 2. The second-order valence-electron chi connectivity index (χ2n) is 12.7. The predicted molar refractivity (Wildman–Crippen MR) is 171 cm³/mol. The van der Waals surface area contributed by atoms with Gasteiger partial charge >= 0.3 is 17.9 Å². The number of rotatable bonds is 13. The molecule has 5 N–H and O–H groups in total. The lowest BCUT2D eigenvalue weighted by molar-refractivity contribution is -0.170. The molecular formula is C35H47N3O7. The molecule has 2 aliphatic rings. The number of hydrogen-bond acceptors (Lipinski definition) is 6. The van der Waals surface area contributed by atoms with Crippen molar-refractivity contribution in [3.63, 3.8) is 0 Å². The van der Waals surface area contributed by atoms with Gasteiger partial charge in [-0.15, -0.1) is 0 Å². The number of hydrogen-bond donors (Lipinski definition) is 5. The number of fused-ring (bicyclic) bond motifs is 1. The highest BCUT2D eigenvalue weighted by Gasteiger charge is 2.42. The largest absolute Gasteiger partial charge is 0.481 e. The normalized spacial score (nSPS) is 20.4. The average molecular weight is 622 g/mol. The fourth-order valence-corrected chi connectivity index (χ4v) is 7.24. The van der Waals surface area contributed by atoms with Gasteiger partial charge in [0.1, 0.15) is 0 Å². The van der Waals surface area contributed by atoms with E-state index in [2.05, 4.69) is 58.2 Å². The quantitative estimate of drug-likeness (QED) is 0.159. The van der Waals surface area contributed by atoms with Gasteiger partial charge in [0.2, 0.25) is 0 Å². The Bertz CT molecular complexity index is 1410. The maximum Gasteiger partial charge on any atom is 0.336 e. The minimum atomic E-state index is -2.74. The van der Waals surface area contributed by atoms with E-state index in [1.807, 2.05) is 12.4 Å². The molecule has 1 aliphatic heterocycles. The zero-order chi connectivity index (χ0) is 32.5. The second kappa shape index (κ2) is 15.5. The van der Waals surface area contributed by atoms with Gasteiger partial charge in [-0.25, -0.2) is 4.79 Å². The minimum absolute atomic E-state index is 0.478. The van der Waals surface area contributed by atoms with Gasteiger partial charge in [0, 0.05) is 34.5 Å². The number of carbonyl (C=O) groups is 3. The highest BCUT2D eigenvalue weighted by Crippen LogP contribution is 2.46. The number of carboxylic acid groups (broad SMARTS) is 3. The zero-order valence-electron chi connectivity index (χ0n) is 26.2. The van der Waals surface area contributed by atoms with Crippen LogP contribution in [0.2, 0.25) is 0 Å². The molecule has 0 radical (unpaired) electrons. The molecule has 2 aromatic heterocycles. The van der Waals surface area contributed by atoms with Crippen molar-refractivity contribution < 1.29 is 34.8 Å². The zero-order valence-corrected chi connectivity index (χ0v) is 26.2. The van der Waals surface area contributed by atoms with Crippen molar-refractivity contribution >= 4 is 28.8 Å². The van der Waals surface area contributed by atoms with Crippen molar-refractivity contribution in [1.82, 2.24) is 14.9 Å². The first kappa shape index (κ1) is 34.1. The van der Waals surface area contributed by atoms with E-state index >= 15 is 0 Å². The van der Waals surface area contributed by atoms with E-state index in [9.17, 15) is 14.4 Å². The number of aromatic amines is 1. The molecule has 0 amide bonds. The first-order valence-electron chi connectivity index (χ1n) is 16.2. The molecule has 0 unspecified atom stereocenters. The fraction of sp³-hybridized carbons (Fsp3) is 0.543. The molecule has 0 atom stereocenters. The summed E-state index contributed by atoms with van der Waals surface area (Å²) in [5, 5.41) is 35.2. The molecule has 1 saturated heterocycles. The van der Waals surface area contributed by atoms with Gasteiger partial charge in [-0.05, 0) is 106 Å².